The molecule has 2 aromatic rings. The quantitative estimate of drug-likeness (QED) is 0.810. The van der Waals surface area contributed by atoms with Crippen molar-refractivity contribution in [3.63, 3.8) is 0 Å². The monoisotopic (exact) mass is 393 g/mol. The van der Waals surface area contributed by atoms with Crippen LogP contribution >= 0.6 is 22.9 Å². The van der Waals surface area contributed by atoms with E-state index in [0.29, 0.717) is 28.8 Å². The number of anilines is 1. The van der Waals surface area contributed by atoms with Crippen molar-refractivity contribution in [1.82, 2.24) is 20.4 Å². The number of benzene rings is 1. The Morgan fingerprint density at radius 2 is 2.23 bits per heavy atom. The number of nitrogens with zero attached hydrogens (tertiary/aromatic N) is 3. The molecule has 0 saturated carbocycles. The third-order valence-corrected chi connectivity index (χ3v) is 5.30. The molecule has 1 aliphatic heterocycles. The summed E-state index contributed by atoms with van der Waals surface area (Å²) in [6, 6.07) is 6.69. The van der Waals surface area contributed by atoms with Crippen molar-refractivity contribution in [2.75, 3.05) is 18.4 Å². The summed E-state index contributed by atoms with van der Waals surface area (Å²) < 4.78 is 0. The highest BCUT2D eigenvalue weighted by atomic mass is 35.5. The van der Waals surface area contributed by atoms with Gasteiger partial charge >= 0.3 is 6.03 Å². The number of amides is 3. The van der Waals surface area contributed by atoms with Crippen molar-refractivity contribution in [3.8, 4) is 0 Å². The van der Waals surface area contributed by atoms with Gasteiger partial charge in [-0.15, -0.1) is 10.2 Å². The molecule has 0 spiro atoms. The highest BCUT2D eigenvalue weighted by Gasteiger charge is 2.33. The van der Waals surface area contributed by atoms with E-state index in [-0.39, 0.29) is 23.0 Å². The molecule has 1 saturated heterocycles. The Morgan fingerprint density at radius 1 is 1.38 bits per heavy atom. The zero-order valence-corrected chi connectivity index (χ0v) is 15.9. The van der Waals surface area contributed by atoms with Gasteiger partial charge < -0.3 is 15.5 Å². The molecule has 0 aliphatic carbocycles. The lowest BCUT2D eigenvalue weighted by molar-refractivity contribution is 0.102. The number of hydrogen-bond donors (Lipinski definition) is 2. The molecule has 3 rings (SSSR count). The van der Waals surface area contributed by atoms with Crippen molar-refractivity contribution in [1.29, 1.82) is 0 Å². The fourth-order valence-corrected chi connectivity index (χ4v) is 3.89. The van der Waals surface area contributed by atoms with Crippen LogP contribution in [0.15, 0.2) is 24.3 Å². The van der Waals surface area contributed by atoms with Crippen molar-refractivity contribution >= 4 is 40.6 Å². The molecule has 2 N–H and O–H groups in total. The van der Waals surface area contributed by atoms with Crippen LogP contribution in [0.4, 0.5) is 10.5 Å². The molecular formula is C17H20ClN5O2S. The van der Waals surface area contributed by atoms with Crippen LogP contribution in [0.2, 0.25) is 5.02 Å². The molecule has 1 aromatic carbocycles. The second-order valence-corrected chi connectivity index (χ2v) is 7.44. The third-order valence-electron chi connectivity index (χ3n) is 4.04. The number of urea groups is 1. The number of likely N-dealkylation sites (tertiary alicyclic amines) is 1. The average Bonchev–Trinajstić information content (AvgIpc) is 3.28. The van der Waals surface area contributed by atoms with E-state index < -0.39 is 0 Å². The van der Waals surface area contributed by atoms with Crippen molar-refractivity contribution in [2.24, 2.45) is 0 Å². The highest BCUT2D eigenvalue weighted by Crippen LogP contribution is 2.33. The fourth-order valence-electron chi connectivity index (χ4n) is 2.81. The third kappa shape index (κ3) is 4.31. The van der Waals surface area contributed by atoms with Crippen LogP contribution in [0.1, 0.15) is 47.0 Å². The van der Waals surface area contributed by atoms with Crippen LogP contribution in [0.5, 0.6) is 0 Å². The molecule has 1 fully saturated rings. The normalized spacial score (nSPS) is 16.5. The SMILES string of the molecule is CCCNC(=O)N1CCC[C@@H]1c1nnc(C(=O)Nc2cccc(Cl)c2)s1. The first-order valence-corrected chi connectivity index (χ1v) is 9.72. The van der Waals surface area contributed by atoms with Crippen LogP contribution in [-0.2, 0) is 0 Å². The first-order chi connectivity index (χ1) is 12.6. The van der Waals surface area contributed by atoms with Gasteiger partial charge in [-0.2, -0.15) is 0 Å². The highest BCUT2D eigenvalue weighted by molar-refractivity contribution is 7.13. The Labute approximate surface area is 160 Å². The topological polar surface area (TPSA) is 87.2 Å². The summed E-state index contributed by atoms with van der Waals surface area (Å²) in [4.78, 5) is 26.4. The lowest BCUT2D eigenvalue weighted by Crippen LogP contribution is -2.39. The maximum Gasteiger partial charge on any atom is 0.317 e. The molecule has 138 valence electrons. The zero-order chi connectivity index (χ0) is 18.5. The Hall–Kier alpha value is -2.19. The van der Waals surface area contributed by atoms with Gasteiger partial charge in [-0.1, -0.05) is 35.9 Å². The number of carbonyl (C=O) groups is 2. The van der Waals surface area contributed by atoms with Crippen LogP contribution in [0.25, 0.3) is 0 Å². The van der Waals surface area contributed by atoms with Gasteiger partial charge in [0.05, 0.1) is 6.04 Å². The molecule has 9 heteroatoms. The molecule has 3 amide bonds. The number of nitrogens with one attached hydrogen (secondary N) is 2. The van der Waals surface area contributed by atoms with E-state index in [1.54, 1.807) is 29.2 Å². The summed E-state index contributed by atoms with van der Waals surface area (Å²) >= 11 is 7.14. The molecule has 2 heterocycles. The molecule has 1 aliphatic rings. The number of halogens is 1. The Morgan fingerprint density at radius 3 is 3.00 bits per heavy atom. The van der Waals surface area contributed by atoms with E-state index in [1.807, 2.05) is 6.92 Å². The minimum atomic E-state index is -0.337. The zero-order valence-electron chi connectivity index (χ0n) is 14.4. The van der Waals surface area contributed by atoms with Gasteiger partial charge in [-0.3, -0.25) is 4.79 Å². The van der Waals surface area contributed by atoms with Gasteiger partial charge in [-0.25, -0.2) is 4.79 Å². The van der Waals surface area contributed by atoms with Crippen molar-refractivity contribution in [3.05, 3.63) is 39.3 Å². The smallest absolute Gasteiger partial charge is 0.317 e. The van der Waals surface area contributed by atoms with E-state index >= 15 is 0 Å². The van der Waals surface area contributed by atoms with Crippen LogP contribution in [0.3, 0.4) is 0 Å². The van der Waals surface area contributed by atoms with E-state index in [2.05, 4.69) is 20.8 Å². The van der Waals surface area contributed by atoms with Gasteiger partial charge in [0, 0.05) is 23.8 Å². The van der Waals surface area contributed by atoms with Gasteiger partial charge in [0.15, 0.2) is 0 Å². The van der Waals surface area contributed by atoms with E-state index in [9.17, 15) is 9.59 Å². The maximum atomic E-state index is 12.4. The first-order valence-electron chi connectivity index (χ1n) is 8.53. The molecular weight excluding hydrogens is 374 g/mol. The van der Waals surface area contributed by atoms with Gasteiger partial charge in [0.25, 0.3) is 5.91 Å². The van der Waals surface area contributed by atoms with Gasteiger partial charge in [0.2, 0.25) is 5.01 Å². The molecule has 0 unspecified atom stereocenters. The molecule has 26 heavy (non-hydrogen) atoms. The molecule has 1 atom stereocenters. The fraction of sp³-hybridized carbons (Fsp3) is 0.412. The summed E-state index contributed by atoms with van der Waals surface area (Å²) in [6.45, 7) is 3.34. The summed E-state index contributed by atoms with van der Waals surface area (Å²) in [6.07, 6.45) is 2.62. The second kappa shape index (κ2) is 8.46. The van der Waals surface area contributed by atoms with Crippen LogP contribution < -0.4 is 10.6 Å². The summed E-state index contributed by atoms with van der Waals surface area (Å²) in [7, 11) is 0. The predicted octanol–water partition coefficient (Wildman–Crippen LogP) is 3.70. The van der Waals surface area contributed by atoms with E-state index in [4.69, 9.17) is 11.6 Å². The minimum Gasteiger partial charge on any atom is -0.338 e. The lowest BCUT2D eigenvalue weighted by Gasteiger charge is -2.22. The molecule has 7 nitrogen and oxygen atoms in total. The Balaban J connectivity index is 1.68. The van der Waals surface area contributed by atoms with Crippen molar-refractivity contribution < 1.29 is 9.59 Å². The largest absolute Gasteiger partial charge is 0.338 e. The van der Waals surface area contributed by atoms with E-state index in [0.717, 1.165) is 19.3 Å². The lowest BCUT2D eigenvalue weighted by atomic mass is 10.2. The maximum absolute atomic E-state index is 12.4. The number of aromatic nitrogens is 2. The standard InChI is InChI=1S/C17H20ClN5O2S/c1-2-8-19-17(25)23-9-4-7-13(23)15-21-22-16(26-15)14(24)20-12-6-3-5-11(18)10-12/h3,5-6,10,13H,2,4,7-9H2,1H3,(H,19,25)(H,20,24)/t13-/m1/s1. The average molecular weight is 394 g/mol. The van der Waals surface area contributed by atoms with Crippen molar-refractivity contribution in [2.45, 2.75) is 32.2 Å². The van der Waals surface area contributed by atoms with E-state index in [1.165, 1.54) is 11.3 Å². The number of hydrogen-bond acceptors (Lipinski definition) is 5. The second-order valence-electron chi connectivity index (χ2n) is 5.99. The Bertz CT molecular complexity index is 797. The Kier molecular flexibility index (Phi) is 6.05. The summed E-state index contributed by atoms with van der Waals surface area (Å²) in [5.41, 5.74) is 0.598. The van der Waals surface area contributed by atoms with Gasteiger partial charge in [-0.05, 0) is 37.5 Å². The number of carbonyl (C=O) groups excluding carboxylic acids is 2. The predicted molar refractivity (Wildman–Crippen MR) is 102 cm³/mol. The molecule has 0 radical (unpaired) electrons. The van der Waals surface area contributed by atoms with Crippen LogP contribution in [0, 0.1) is 0 Å². The van der Waals surface area contributed by atoms with Crippen LogP contribution in [-0.4, -0.2) is 40.1 Å². The molecule has 0 bridgehead atoms. The summed E-state index contributed by atoms with van der Waals surface area (Å²) in [5, 5.41) is 15.3. The van der Waals surface area contributed by atoms with Gasteiger partial charge in [0.1, 0.15) is 5.01 Å². The number of rotatable bonds is 5. The minimum absolute atomic E-state index is 0.0884. The first kappa shape index (κ1) is 18.6. The molecule has 1 aromatic heterocycles. The summed E-state index contributed by atoms with van der Waals surface area (Å²) in [5.74, 6) is -0.337.